The summed E-state index contributed by atoms with van der Waals surface area (Å²) in [5, 5.41) is 4.11. The van der Waals surface area contributed by atoms with Crippen molar-refractivity contribution < 1.29 is 4.79 Å². The lowest BCUT2D eigenvalue weighted by atomic mass is 10.1. The van der Waals surface area contributed by atoms with Gasteiger partial charge < -0.3 is 4.90 Å². The Labute approximate surface area is 124 Å². The number of benzene rings is 1. The minimum absolute atomic E-state index is 0.0788. The summed E-state index contributed by atoms with van der Waals surface area (Å²) in [5.74, 6) is 1.03. The number of hydrogen-bond donors (Lipinski definition) is 0. The van der Waals surface area contributed by atoms with E-state index in [1.54, 1.807) is 11.0 Å². The summed E-state index contributed by atoms with van der Waals surface area (Å²) in [5.41, 5.74) is 2.09. The van der Waals surface area contributed by atoms with Crippen molar-refractivity contribution in [2.75, 3.05) is 7.05 Å². The Morgan fingerprint density at radius 3 is 2.57 bits per heavy atom. The van der Waals surface area contributed by atoms with Gasteiger partial charge in [-0.2, -0.15) is 5.10 Å². The molecule has 1 aliphatic rings. The SMILES string of the molecule is CC1CC1C(=O)N(C)C(C)c1ccc(-n2cncn2)cc1. The summed E-state index contributed by atoms with van der Waals surface area (Å²) in [6, 6.07) is 8.16. The van der Waals surface area contributed by atoms with E-state index in [1.807, 2.05) is 36.2 Å². The van der Waals surface area contributed by atoms with Gasteiger partial charge in [0.1, 0.15) is 12.7 Å². The summed E-state index contributed by atoms with van der Waals surface area (Å²) >= 11 is 0. The monoisotopic (exact) mass is 284 g/mol. The van der Waals surface area contributed by atoms with Gasteiger partial charge in [-0.25, -0.2) is 9.67 Å². The van der Waals surface area contributed by atoms with E-state index in [0.717, 1.165) is 17.7 Å². The fraction of sp³-hybridized carbons (Fsp3) is 0.438. The zero-order chi connectivity index (χ0) is 15.0. The maximum absolute atomic E-state index is 12.3. The van der Waals surface area contributed by atoms with Crippen LogP contribution in [-0.4, -0.2) is 32.6 Å². The van der Waals surface area contributed by atoms with Crippen molar-refractivity contribution in [1.29, 1.82) is 0 Å². The Balaban J connectivity index is 1.72. The summed E-state index contributed by atoms with van der Waals surface area (Å²) in [6.07, 6.45) is 4.21. The van der Waals surface area contributed by atoms with Crippen LogP contribution in [0, 0.1) is 11.8 Å². The molecule has 3 unspecified atom stereocenters. The molecule has 3 atom stereocenters. The van der Waals surface area contributed by atoms with Crippen molar-refractivity contribution in [3.63, 3.8) is 0 Å². The second kappa shape index (κ2) is 5.31. The Morgan fingerprint density at radius 1 is 1.38 bits per heavy atom. The van der Waals surface area contributed by atoms with Gasteiger partial charge in [0, 0.05) is 13.0 Å². The van der Waals surface area contributed by atoms with E-state index in [9.17, 15) is 4.79 Å². The largest absolute Gasteiger partial charge is 0.339 e. The third-order valence-corrected chi connectivity index (χ3v) is 4.41. The number of carbonyl (C=O) groups excluding carboxylic acids is 1. The van der Waals surface area contributed by atoms with Crippen LogP contribution >= 0.6 is 0 Å². The molecule has 5 nitrogen and oxygen atoms in total. The minimum atomic E-state index is 0.0788. The molecule has 21 heavy (non-hydrogen) atoms. The van der Waals surface area contributed by atoms with Gasteiger partial charge in [0.05, 0.1) is 11.7 Å². The molecule has 1 fully saturated rings. The minimum Gasteiger partial charge on any atom is -0.339 e. The first-order valence-corrected chi connectivity index (χ1v) is 7.29. The Kier molecular flexibility index (Phi) is 3.49. The van der Waals surface area contributed by atoms with Crippen LogP contribution in [0.2, 0.25) is 0 Å². The van der Waals surface area contributed by atoms with Crippen molar-refractivity contribution >= 4 is 5.91 Å². The van der Waals surface area contributed by atoms with Crippen molar-refractivity contribution in [2.24, 2.45) is 11.8 Å². The standard InChI is InChI=1S/C16H20N4O/c1-11-8-15(11)16(21)19(3)12(2)13-4-6-14(7-5-13)20-10-17-9-18-20/h4-7,9-12,15H,8H2,1-3H3. The fourth-order valence-electron chi connectivity index (χ4n) is 2.59. The van der Waals surface area contributed by atoms with Crippen LogP contribution in [0.4, 0.5) is 0 Å². The molecule has 2 aromatic rings. The molecule has 1 saturated carbocycles. The highest BCUT2D eigenvalue weighted by atomic mass is 16.2. The molecular formula is C16H20N4O. The molecule has 3 rings (SSSR count). The molecule has 0 aliphatic heterocycles. The predicted octanol–water partition coefficient (Wildman–Crippen LogP) is 2.44. The quantitative estimate of drug-likeness (QED) is 0.866. The van der Waals surface area contributed by atoms with Gasteiger partial charge in [-0.05, 0) is 37.0 Å². The van der Waals surface area contributed by atoms with E-state index < -0.39 is 0 Å². The zero-order valence-electron chi connectivity index (χ0n) is 12.6. The van der Waals surface area contributed by atoms with E-state index in [4.69, 9.17) is 0 Å². The highest BCUT2D eigenvalue weighted by Gasteiger charge is 2.41. The first-order chi connectivity index (χ1) is 10.1. The second-order valence-corrected chi connectivity index (χ2v) is 5.88. The number of rotatable bonds is 4. The second-order valence-electron chi connectivity index (χ2n) is 5.88. The molecule has 1 amide bonds. The topological polar surface area (TPSA) is 51.0 Å². The smallest absolute Gasteiger partial charge is 0.226 e. The number of aromatic nitrogens is 3. The van der Waals surface area contributed by atoms with Gasteiger partial charge in [-0.15, -0.1) is 0 Å². The number of nitrogens with zero attached hydrogens (tertiary/aromatic N) is 4. The maximum atomic E-state index is 12.3. The number of hydrogen-bond acceptors (Lipinski definition) is 3. The first-order valence-electron chi connectivity index (χ1n) is 7.29. The average Bonchev–Trinajstić information content (AvgIpc) is 3.02. The molecular weight excluding hydrogens is 264 g/mol. The van der Waals surface area contributed by atoms with Crippen LogP contribution in [0.3, 0.4) is 0 Å². The molecule has 0 radical (unpaired) electrons. The molecule has 1 aromatic carbocycles. The summed E-state index contributed by atoms with van der Waals surface area (Å²) in [4.78, 5) is 18.1. The highest BCUT2D eigenvalue weighted by Crippen LogP contribution is 2.40. The molecule has 0 bridgehead atoms. The number of amides is 1. The molecule has 110 valence electrons. The van der Waals surface area contributed by atoms with E-state index in [-0.39, 0.29) is 17.9 Å². The predicted molar refractivity (Wildman–Crippen MR) is 79.8 cm³/mol. The fourth-order valence-corrected chi connectivity index (χ4v) is 2.59. The van der Waals surface area contributed by atoms with Gasteiger partial charge in [0.15, 0.2) is 0 Å². The van der Waals surface area contributed by atoms with Crippen molar-refractivity contribution in [3.8, 4) is 5.69 Å². The third kappa shape index (κ3) is 2.68. The lowest BCUT2D eigenvalue weighted by Gasteiger charge is -2.25. The van der Waals surface area contributed by atoms with Gasteiger partial charge >= 0.3 is 0 Å². The Bertz CT molecular complexity index is 620. The van der Waals surface area contributed by atoms with Crippen LogP contribution < -0.4 is 0 Å². The normalized spacial score (nSPS) is 21.9. The molecule has 1 heterocycles. The molecule has 1 aromatic heterocycles. The van der Waals surface area contributed by atoms with E-state index >= 15 is 0 Å². The highest BCUT2D eigenvalue weighted by molar-refractivity contribution is 5.81. The van der Waals surface area contributed by atoms with Crippen LogP contribution in [-0.2, 0) is 4.79 Å². The lowest BCUT2D eigenvalue weighted by molar-refractivity contribution is -0.133. The van der Waals surface area contributed by atoms with Gasteiger partial charge in [0.25, 0.3) is 0 Å². The molecule has 0 spiro atoms. The van der Waals surface area contributed by atoms with Gasteiger partial charge in [-0.3, -0.25) is 4.79 Å². The van der Waals surface area contributed by atoms with Crippen LogP contribution in [0.5, 0.6) is 0 Å². The summed E-state index contributed by atoms with van der Waals surface area (Å²) < 4.78 is 1.72. The molecule has 5 heteroatoms. The van der Waals surface area contributed by atoms with Crippen molar-refractivity contribution in [1.82, 2.24) is 19.7 Å². The van der Waals surface area contributed by atoms with Gasteiger partial charge in [0.2, 0.25) is 5.91 Å². The van der Waals surface area contributed by atoms with Crippen LogP contribution in [0.1, 0.15) is 31.9 Å². The number of carbonyl (C=O) groups is 1. The Morgan fingerprint density at radius 2 is 2.05 bits per heavy atom. The van der Waals surface area contributed by atoms with Crippen molar-refractivity contribution in [3.05, 3.63) is 42.5 Å². The lowest BCUT2D eigenvalue weighted by Crippen LogP contribution is -2.31. The van der Waals surface area contributed by atoms with Crippen LogP contribution in [0.15, 0.2) is 36.9 Å². The van der Waals surface area contributed by atoms with Crippen LogP contribution in [0.25, 0.3) is 5.69 Å². The zero-order valence-corrected chi connectivity index (χ0v) is 12.6. The summed E-state index contributed by atoms with van der Waals surface area (Å²) in [7, 11) is 1.89. The Hall–Kier alpha value is -2.17. The molecule has 0 N–H and O–H groups in total. The van der Waals surface area contributed by atoms with E-state index in [1.165, 1.54) is 6.33 Å². The van der Waals surface area contributed by atoms with Gasteiger partial charge in [-0.1, -0.05) is 19.1 Å². The summed E-state index contributed by atoms with van der Waals surface area (Å²) in [6.45, 7) is 4.20. The maximum Gasteiger partial charge on any atom is 0.226 e. The van der Waals surface area contributed by atoms with E-state index in [2.05, 4.69) is 23.9 Å². The van der Waals surface area contributed by atoms with Crippen molar-refractivity contribution in [2.45, 2.75) is 26.3 Å². The first kappa shape index (κ1) is 13.8. The van der Waals surface area contributed by atoms with E-state index in [0.29, 0.717) is 5.92 Å². The third-order valence-electron chi connectivity index (χ3n) is 4.41. The average molecular weight is 284 g/mol. The molecule has 0 saturated heterocycles. The molecule has 1 aliphatic carbocycles.